The van der Waals surface area contributed by atoms with E-state index in [1.165, 1.54) is 12.8 Å². The molecule has 3 heteroatoms. The summed E-state index contributed by atoms with van der Waals surface area (Å²) in [5.74, 6) is 0.978. The predicted molar refractivity (Wildman–Crippen MR) is 72.1 cm³/mol. The van der Waals surface area contributed by atoms with Crippen molar-refractivity contribution in [2.75, 3.05) is 0 Å². The first-order valence-electron chi connectivity index (χ1n) is 6.29. The molecule has 3 rings (SSSR count). The molecule has 1 aliphatic heterocycles. The van der Waals surface area contributed by atoms with Crippen molar-refractivity contribution in [3.8, 4) is 5.75 Å². The average molecular weight is 296 g/mol. The van der Waals surface area contributed by atoms with Crippen LogP contribution in [0.5, 0.6) is 5.75 Å². The molecule has 17 heavy (non-hydrogen) atoms. The molecule has 1 unspecified atom stereocenters. The van der Waals surface area contributed by atoms with E-state index < -0.39 is 0 Å². The van der Waals surface area contributed by atoms with Crippen molar-refractivity contribution in [3.63, 3.8) is 0 Å². The molecule has 1 spiro atoms. The van der Waals surface area contributed by atoms with E-state index in [0.717, 1.165) is 35.0 Å². The number of rotatable bonds is 0. The smallest absolute Gasteiger partial charge is 0.125 e. The van der Waals surface area contributed by atoms with Gasteiger partial charge in [-0.1, -0.05) is 15.9 Å². The number of fused-ring (bicyclic) bond motifs is 1. The van der Waals surface area contributed by atoms with Crippen molar-refractivity contribution in [2.24, 2.45) is 5.73 Å². The molecule has 0 aromatic heterocycles. The highest BCUT2D eigenvalue weighted by atomic mass is 79.9. The summed E-state index contributed by atoms with van der Waals surface area (Å²) >= 11 is 3.51. The maximum absolute atomic E-state index is 6.51. The molecule has 1 aromatic rings. The van der Waals surface area contributed by atoms with Gasteiger partial charge in [0.2, 0.25) is 0 Å². The first kappa shape index (κ1) is 11.5. The van der Waals surface area contributed by atoms with Crippen LogP contribution in [0.2, 0.25) is 0 Å². The fraction of sp³-hybridized carbons (Fsp3) is 0.571. The van der Waals surface area contributed by atoms with Gasteiger partial charge in [-0.15, -0.1) is 0 Å². The third-order valence-electron chi connectivity index (χ3n) is 4.09. The maximum Gasteiger partial charge on any atom is 0.125 e. The SMILES string of the molecule is CC1(N)CC2(CCCC2)Oc2ccc(Br)cc21. The topological polar surface area (TPSA) is 35.2 Å². The number of ether oxygens (including phenoxy) is 1. The highest BCUT2D eigenvalue weighted by molar-refractivity contribution is 9.10. The number of hydrogen-bond acceptors (Lipinski definition) is 2. The zero-order valence-corrected chi connectivity index (χ0v) is 11.7. The highest BCUT2D eigenvalue weighted by Gasteiger charge is 2.46. The van der Waals surface area contributed by atoms with E-state index in [4.69, 9.17) is 10.5 Å². The van der Waals surface area contributed by atoms with Gasteiger partial charge in [0, 0.05) is 22.0 Å². The van der Waals surface area contributed by atoms with Crippen LogP contribution in [0.3, 0.4) is 0 Å². The van der Waals surface area contributed by atoms with Crippen molar-refractivity contribution in [3.05, 3.63) is 28.2 Å². The summed E-state index contributed by atoms with van der Waals surface area (Å²) in [5.41, 5.74) is 7.37. The molecule has 1 atom stereocenters. The Morgan fingerprint density at radius 1 is 1.29 bits per heavy atom. The number of nitrogens with two attached hydrogens (primary N) is 1. The van der Waals surface area contributed by atoms with Gasteiger partial charge in [0.05, 0.1) is 0 Å². The second kappa shape index (κ2) is 3.72. The summed E-state index contributed by atoms with van der Waals surface area (Å²) in [5, 5.41) is 0. The van der Waals surface area contributed by atoms with Crippen LogP contribution >= 0.6 is 15.9 Å². The molecule has 0 radical (unpaired) electrons. The van der Waals surface area contributed by atoms with Crippen LogP contribution in [0, 0.1) is 0 Å². The summed E-state index contributed by atoms with van der Waals surface area (Å²) in [4.78, 5) is 0. The summed E-state index contributed by atoms with van der Waals surface area (Å²) < 4.78 is 7.34. The van der Waals surface area contributed by atoms with E-state index in [1.807, 2.05) is 12.1 Å². The molecular weight excluding hydrogens is 278 g/mol. The van der Waals surface area contributed by atoms with Gasteiger partial charge in [0.1, 0.15) is 11.4 Å². The molecule has 0 saturated heterocycles. The average Bonchev–Trinajstić information content (AvgIpc) is 2.67. The molecule has 0 amide bonds. The minimum atomic E-state index is -0.276. The van der Waals surface area contributed by atoms with Gasteiger partial charge >= 0.3 is 0 Å². The lowest BCUT2D eigenvalue weighted by Gasteiger charge is -2.44. The van der Waals surface area contributed by atoms with E-state index in [1.54, 1.807) is 0 Å². The molecule has 2 nitrogen and oxygen atoms in total. The van der Waals surface area contributed by atoms with E-state index >= 15 is 0 Å². The number of benzene rings is 1. The summed E-state index contributed by atoms with van der Waals surface area (Å²) in [7, 11) is 0. The van der Waals surface area contributed by atoms with Crippen LogP contribution in [0.15, 0.2) is 22.7 Å². The van der Waals surface area contributed by atoms with Crippen LogP contribution in [0.25, 0.3) is 0 Å². The Kier molecular flexibility index (Phi) is 2.53. The van der Waals surface area contributed by atoms with E-state index in [-0.39, 0.29) is 11.1 Å². The van der Waals surface area contributed by atoms with Gasteiger partial charge in [0.15, 0.2) is 0 Å². The molecule has 2 N–H and O–H groups in total. The Morgan fingerprint density at radius 2 is 2.00 bits per heavy atom. The van der Waals surface area contributed by atoms with Crippen LogP contribution in [0.4, 0.5) is 0 Å². The third kappa shape index (κ3) is 1.89. The molecule has 1 fully saturated rings. The van der Waals surface area contributed by atoms with Gasteiger partial charge in [-0.3, -0.25) is 0 Å². The van der Waals surface area contributed by atoms with E-state index in [0.29, 0.717) is 0 Å². The lowest BCUT2D eigenvalue weighted by Crippen LogP contribution is -2.49. The van der Waals surface area contributed by atoms with Crippen molar-refractivity contribution in [1.29, 1.82) is 0 Å². The normalized spacial score (nSPS) is 30.1. The monoisotopic (exact) mass is 295 g/mol. The Hall–Kier alpha value is -0.540. The first-order valence-corrected chi connectivity index (χ1v) is 7.08. The Labute approximate surface area is 111 Å². The summed E-state index contributed by atoms with van der Waals surface area (Å²) in [6, 6.07) is 6.17. The molecule has 1 heterocycles. The van der Waals surface area contributed by atoms with Crippen LogP contribution in [-0.4, -0.2) is 5.60 Å². The van der Waals surface area contributed by atoms with E-state index in [9.17, 15) is 0 Å². The van der Waals surface area contributed by atoms with Crippen LogP contribution in [-0.2, 0) is 5.54 Å². The molecule has 2 aliphatic rings. The van der Waals surface area contributed by atoms with Gasteiger partial charge in [-0.25, -0.2) is 0 Å². The lowest BCUT2D eigenvalue weighted by molar-refractivity contribution is 0.0224. The molecule has 1 aromatic carbocycles. The Balaban J connectivity index is 2.07. The van der Waals surface area contributed by atoms with Crippen LogP contribution in [0.1, 0.15) is 44.6 Å². The molecule has 0 bridgehead atoms. The number of halogens is 1. The fourth-order valence-corrected chi connectivity index (χ4v) is 3.73. The number of hydrogen-bond donors (Lipinski definition) is 1. The van der Waals surface area contributed by atoms with Gasteiger partial charge in [-0.05, 0) is 50.8 Å². The second-order valence-corrected chi connectivity index (χ2v) is 6.64. The van der Waals surface area contributed by atoms with E-state index in [2.05, 4.69) is 28.9 Å². The maximum atomic E-state index is 6.51. The second-order valence-electron chi connectivity index (χ2n) is 5.73. The minimum absolute atomic E-state index is 0.00430. The lowest BCUT2D eigenvalue weighted by atomic mass is 9.77. The highest BCUT2D eigenvalue weighted by Crippen LogP contribution is 2.49. The zero-order valence-electron chi connectivity index (χ0n) is 10.1. The molecule has 1 aliphatic carbocycles. The largest absolute Gasteiger partial charge is 0.487 e. The van der Waals surface area contributed by atoms with Crippen molar-refractivity contribution in [2.45, 2.75) is 50.2 Å². The molecular formula is C14H18BrNO. The summed E-state index contributed by atoms with van der Waals surface area (Å²) in [6.07, 6.45) is 5.76. The quantitative estimate of drug-likeness (QED) is 0.792. The van der Waals surface area contributed by atoms with Crippen molar-refractivity contribution in [1.82, 2.24) is 0 Å². The summed E-state index contributed by atoms with van der Waals surface area (Å²) in [6.45, 7) is 2.13. The Bertz CT molecular complexity index is 450. The zero-order chi connectivity index (χ0) is 12.1. The molecule has 92 valence electrons. The third-order valence-corrected chi connectivity index (χ3v) is 4.58. The van der Waals surface area contributed by atoms with Crippen molar-refractivity contribution >= 4 is 15.9 Å². The van der Waals surface area contributed by atoms with Gasteiger partial charge in [-0.2, -0.15) is 0 Å². The Morgan fingerprint density at radius 3 is 2.71 bits per heavy atom. The molecule has 1 saturated carbocycles. The first-order chi connectivity index (χ1) is 8.01. The van der Waals surface area contributed by atoms with Crippen LogP contribution < -0.4 is 10.5 Å². The van der Waals surface area contributed by atoms with Gasteiger partial charge in [0.25, 0.3) is 0 Å². The standard InChI is InChI=1S/C14H18BrNO/c1-13(16)9-14(6-2-3-7-14)17-12-5-4-10(15)8-11(12)13/h4-5,8H,2-3,6-7,9,16H2,1H3. The van der Waals surface area contributed by atoms with Gasteiger partial charge < -0.3 is 10.5 Å². The fourth-order valence-electron chi connectivity index (χ4n) is 3.37. The van der Waals surface area contributed by atoms with Crippen molar-refractivity contribution < 1.29 is 4.74 Å². The predicted octanol–water partition coefficient (Wildman–Crippen LogP) is 3.72. The minimum Gasteiger partial charge on any atom is -0.487 e.